The number of hydrogen-bond acceptors (Lipinski definition) is 9. The molecule has 0 bridgehead atoms. The Kier molecular flexibility index (Phi) is 7.99. The summed E-state index contributed by atoms with van der Waals surface area (Å²) in [4.78, 5) is 8.36. The second kappa shape index (κ2) is 12.1. The number of imidazole rings is 1. The van der Waals surface area contributed by atoms with E-state index in [1.807, 2.05) is 91.0 Å². The molecule has 10 nitrogen and oxygen atoms in total. The number of hydrogen-bond donors (Lipinski definition) is 2. The summed E-state index contributed by atoms with van der Waals surface area (Å²) in [6, 6.07) is 29.4. The summed E-state index contributed by atoms with van der Waals surface area (Å²) in [5.41, 5.74) is 9.52. The standard InChI is InChI=1S/C31H31N5O5/c32-29-30-33-16-26(36(30)35-21-34-29)31(37)28(40-19-24-14-8-3-9-15-24)27(39-18-23-12-6-2-7-13-23)25(41-31)20-38-17-22-10-4-1-5-11-22/h1-16,21,25,27-28,37H,17-20H2,(H2,32,34,35). The first kappa shape index (κ1) is 27.0. The van der Waals surface area contributed by atoms with Crippen LogP contribution in [0.25, 0.3) is 5.65 Å². The minimum Gasteiger partial charge on any atom is -0.381 e. The highest BCUT2D eigenvalue weighted by Gasteiger charge is 2.59. The summed E-state index contributed by atoms with van der Waals surface area (Å²) in [6.07, 6.45) is 0.422. The molecule has 3 heterocycles. The molecular formula is C31H31N5O5. The summed E-state index contributed by atoms with van der Waals surface area (Å²) < 4.78 is 26.8. The Hall–Kier alpha value is -4.19. The molecule has 1 fully saturated rings. The number of aliphatic hydroxyl groups is 1. The smallest absolute Gasteiger partial charge is 0.242 e. The van der Waals surface area contributed by atoms with Gasteiger partial charge in [0.2, 0.25) is 5.79 Å². The van der Waals surface area contributed by atoms with Gasteiger partial charge in [0.05, 0.1) is 32.6 Å². The zero-order chi connectivity index (χ0) is 28.1. The van der Waals surface area contributed by atoms with Gasteiger partial charge in [-0.2, -0.15) is 5.10 Å². The van der Waals surface area contributed by atoms with Crippen molar-refractivity contribution < 1.29 is 24.1 Å². The van der Waals surface area contributed by atoms with Crippen LogP contribution in [-0.2, 0) is 44.6 Å². The Morgan fingerprint density at radius 1 is 0.805 bits per heavy atom. The summed E-state index contributed by atoms with van der Waals surface area (Å²) >= 11 is 0. The van der Waals surface area contributed by atoms with E-state index in [1.165, 1.54) is 17.0 Å². The van der Waals surface area contributed by atoms with E-state index >= 15 is 0 Å². The van der Waals surface area contributed by atoms with Crippen LogP contribution in [0.2, 0.25) is 0 Å². The van der Waals surface area contributed by atoms with Crippen LogP contribution in [0.3, 0.4) is 0 Å². The highest BCUT2D eigenvalue weighted by Crippen LogP contribution is 2.42. The molecule has 41 heavy (non-hydrogen) atoms. The fraction of sp³-hybridized carbons (Fsp3) is 0.258. The van der Waals surface area contributed by atoms with Crippen molar-refractivity contribution in [1.82, 2.24) is 19.6 Å². The number of nitrogen functional groups attached to an aromatic ring is 1. The van der Waals surface area contributed by atoms with Crippen LogP contribution in [0.5, 0.6) is 0 Å². The fourth-order valence-electron chi connectivity index (χ4n) is 4.99. The first-order valence-electron chi connectivity index (χ1n) is 13.4. The maximum atomic E-state index is 12.3. The van der Waals surface area contributed by atoms with Crippen molar-refractivity contribution in [2.75, 3.05) is 12.3 Å². The first-order valence-corrected chi connectivity index (χ1v) is 13.4. The molecule has 6 rings (SSSR count). The zero-order valence-electron chi connectivity index (χ0n) is 22.3. The van der Waals surface area contributed by atoms with Gasteiger partial charge in [-0.25, -0.2) is 14.5 Å². The topological polar surface area (TPSA) is 126 Å². The molecule has 0 aliphatic carbocycles. The van der Waals surface area contributed by atoms with Gasteiger partial charge in [-0.05, 0) is 16.7 Å². The van der Waals surface area contributed by atoms with E-state index in [2.05, 4.69) is 15.1 Å². The highest BCUT2D eigenvalue weighted by molar-refractivity contribution is 5.59. The van der Waals surface area contributed by atoms with Crippen molar-refractivity contribution in [3.63, 3.8) is 0 Å². The third kappa shape index (κ3) is 5.83. The predicted octanol–water partition coefficient (Wildman–Crippen LogP) is 3.64. The van der Waals surface area contributed by atoms with Crippen molar-refractivity contribution in [2.45, 2.75) is 43.9 Å². The largest absolute Gasteiger partial charge is 0.381 e. The van der Waals surface area contributed by atoms with E-state index in [0.29, 0.717) is 12.3 Å². The quantitative estimate of drug-likeness (QED) is 0.252. The Balaban J connectivity index is 1.33. The van der Waals surface area contributed by atoms with Gasteiger partial charge in [-0.3, -0.25) is 0 Å². The fourth-order valence-corrected chi connectivity index (χ4v) is 4.99. The molecular weight excluding hydrogens is 522 g/mol. The van der Waals surface area contributed by atoms with Crippen molar-refractivity contribution in [3.8, 4) is 0 Å². The van der Waals surface area contributed by atoms with E-state index in [9.17, 15) is 5.11 Å². The molecule has 0 saturated carbocycles. The molecule has 3 aromatic carbocycles. The van der Waals surface area contributed by atoms with Gasteiger partial charge in [0, 0.05) is 0 Å². The number of ether oxygens (including phenoxy) is 4. The van der Waals surface area contributed by atoms with Gasteiger partial charge >= 0.3 is 0 Å². The second-order valence-electron chi connectivity index (χ2n) is 9.86. The molecule has 3 N–H and O–H groups in total. The predicted molar refractivity (Wildman–Crippen MR) is 150 cm³/mol. The Morgan fingerprint density at radius 2 is 1.39 bits per heavy atom. The molecule has 1 aliphatic rings. The molecule has 0 amide bonds. The third-order valence-corrected chi connectivity index (χ3v) is 7.03. The molecule has 1 aliphatic heterocycles. The SMILES string of the molecule is Nc1ncnn2c(C3(O)OC(COCc4ccccc4)C(OCc4ccccc4)C3OCc3ccccc3)cnc12. The maximum Gasteiger partial charge on any atom is 0.242 e. The lowest BCUT2D eigenvalue weighted by molar-refractivity contribution is -0.256. The average Bonchev–Trinajstić information content (AvgIpc) is 3.57. The number of rotatable bonds is 11. The van der Waals surface area contributed by atoms with Crippen molar-refractivity contribution in [2.24, 2.45) is 0 Å². The van der Waals surface area contributed by atoms with Crippen LogP contribution in [0, 0.1) is 0 Å². The molecule has 210 valence electrons. The van der Waals surface area contributed by atoms with Gasteiger partial charge in [0.25, 0.3) is 0 Å². The normalized spacial score (nSPS) is 22.3. The second-order valence-corrected chi connectivity index (χ2v) is 9.86. The molecule has 10 heteroatoms. The van der Waals surface area contributed by atoms with E-state index in [4.69, 9.17) is 24.7 Å². The van der Waals surface area contributed by atoms with Gasteiger partial charge in [0.1, 0.15) is 30.3 Å². The Bertz CT molecular complexity index is 1550. The van der Waals surface area contributed by atoms with Crippen LogP contribution < -0.4 is 5.73 Å². The van der Waals surface area contributed by atoms with E-state index in [1.54, 1.807) is 0 Å². The lowest BCUT2D eigenvalue weighted by Gasteiger charge is -2.30. The van der Waals surface area contributed by atoms with Crippen LogP contribution in [-0.4, -0.2) is 49.6 Å². The number of aromatic nitrogens is 4. The molecule has 0 spiro atoms. The molecule has 1 saturated heterocycles. The maximum absolute atomic E-state index is 12.3. The molecule has 5 aromatic rings. The minimum atomic E-state index is -1.99. The van der Waals surface area contributed by atoms with Crippen molar-refractivity contribution >= 4 is 11.5 Å². The molecule has 4 unspecified atom stereocenters. The number of nitrogens with zero attached hydrogens (tertiary/aromatic N) is 4. The Morgan fingerprint density at radius 3 is 2.02 bits per heavy atom. The first-order chi connectivity index (χ1) is 20.1. The van der Waals surface area contributed by atoms with Crippen LogP contribution in [0.4, 0.5) is 5.82 Å². The van der Waals surface area contributed by atoms with Crippen LogP contribution >= 0.6 is 0 Å². The minimum absolute atomic E-state index is 0.149. The summed E-state index contributed by atoms with van der Waals surface area (Å²) in [7, 11) is 0. The van der Waals surface area contributed by atoms with Crippen molar-refractivity contribution in [3.05, 3.63) is 126 Å². The molecule has 2 aromatic heterocycles. The summed E-state index contributed by atoms with van der Waals surface area (Å²) in [6.45, 7) is 1.02. The Labute approximate surface area is 237 Å². The third-order valence-electron chi connectivity index (χ3n) is 7.03. The summed E-state index contributed by atoms with van der Waals surface area (Å²) in [5, 5.41) is 16.6. The number of nitrogens with two attached hydrogens (primary N) is 1. The molecule has 4 atom stereocenters. The summed E-state index contributed by atoms with van der Waals surface area (Å²) in [5.74, 6) is -1.81. The van der Waals surface area contributed by atoms with Gasteiger partial charge < -0.3 is 29.8 Å². The van der Waals surface area contributed by atoms with Gasteiger partial charge in [0.15, 0.2) is 11.5 Å². The number of fused-ring (bicyclic) bond motifs is 1. The lowest BCUT2D eigenvalue weighted by Crippen LogP contribution is -2.45. The van der Waals surface area contributed by atoms with E-state index in [-0.39, 0.29) is 31.3 Å². The average molecular weight is 554 g/mol. The monoisotopic (exact) mass is 553 g/mol. The van der Waals surface area contributed by atoms with Crippen LogP contribution in [0.15, 0.2) is 104 Å². The number of anilines is 1. The number of benzene rings is 3. The van der Waals surface area contributed by atoms with Crippen LogP contribution in [0.1, 0.15) is 22.4 Å². The molecule has 0 radical (unpaired) electrons. The van der Waals surface area contributed by atoms with Crippen molar-refractivity contribution in [1.29, 1.82) is 0 Å². The lowest BCUT2D eigenvalue weighted by atomic mass is 10.0. The van der Waals surface area contributed by atoms with E-state index in [0.717, 1.165) is 16.7 Å². The van der Waals surface area contributed by atoms with E-state index < -0.39 is 24.1 Å². The highest BCUT2D eigenvalue weighted by atomic mass is 16.7. The zero-order valence-corrected chi connectivity index (χ0v) is 22.3. The van der Waals surface area contributed by atoms with Gasteiger partial charge in [-0.15, -0.1) is 0 Å². The van der Waals surface area contributed by atoms with Gasteiger partial charge in [-0.1, -0.05) is 91.0 Å².